The van der Waals surface area contributed by atoms with Gasteiger partial charge in [0.25, 0.3) is 11.5 Å². The summed E-state index contributed by atoms with van der Waals surface area (Å²) < 4.78 is 0. The molecular weight excluding hydrogens is 356 g/mol. The second-order valence-electron chi connectivity index (χ2n) is 6.13. The van der Waals surface area contributed by atoms with E-state index in [-0.39, 0.29) is 5.56 Å². The molecule has 4 aromatic heterocycles. The highest BCUT2D eigenvalue weighted by molar-refractivity contribution is 6.03. The highest BCUT2D eigenvalue weighted by Crippen LogP contribution is 2.18. The third-order valence-corrected chi connectivity index (χ3v) is 4.16. The van der Waals surface area contributed by atoms with Crippen LogP contribution in [0.3, 0.4) is 0 Å². The van der Waals surface area contributed by atoms with E-state index in [1.54, 1.807) is 36.9 Å². The Morgan fingerprint density at radius 2 is 2.00 bits per heavy atom. The number of aromatic amines is 2. The highest BCUT2D eigenvalue weighted by Gasteiger charge is 2.10. The Balaban J connectivity index is 1.45. The Morgan fingerprint density at radius 1 is 1.07 bits per heavy atom. The van der Waals surface area contributed by atoms with Crippen molar-refractivity contribution in [2.45, 2.75) is 6.42 Å². The molecule has 0 radical (unpaired) electrons. The van der Waals surface area contributed by atoms with Gasteiger partial charge in [0.1, 0.15) is 11.4 Å². The number of aromatic nitrogens is 5. The summed E-state index contributed by atoms with van der Waals surface area (Å²) in [6.07, 6.45) is 9.13. The monoisotopic (exact) mass is 372 g/mol. The molecule has 0 aromatic carbocycles. The van der Waals surface area contributed by atoms with E-state index >= 15 is 0 Å². The molecule has 0 fully saturated rings. The zero-order valence-corrected chi connectivity index (χ0v) is 14.7. The van der Waals surface area contributed by atoms with Gasteiger partial charge in [0.2, 0.25) is 0 Å². The minimum atomic E-state index is -0.499. The summed E-state index contributed by atoms with van der Waals surface area (Å²) in [4.78, 5) is 34.9. The van der Waals surface area contributed by atoms with Crippen LogP contribution in [0.1, 0.15) is 21.5 Å². The van der Waals surface area contributed by atoms with E-state index in [4.69, 9.17) is 0 Å². The van der Waals surface area contributed by atoms with E-state index in [0.29, 0.717) is 12.2 Å². The van der Waals surface area contributed by atoms with E-state index in [1.807, 2.05) is 18.2 Å². The maximum Gasteiger partial charge on any atom is 0.262 e. The summed E-state index contributed by atoms with van der Waals surface area (Å²) in [5.41, 5.74) is 3.44. The molecule has 8 heteroatoms. The molecule has 0 unspecified atom stereocenters. The van der Waals surface area contributed by atoms with E-state index in [2.05, 4.69) is 30.5 Å². The number of hydrogen-bond donors (Lipinski definition) is 3. The van der Waals surface area contributed by atoms with Gasteiger partial charge in [-0.1, -0.05) is 6.07 Å². The van der Waals surface area contributed by atoms with Crippen molar-refractivity contribution in [2.24, 2.45) is 0 Å². The van der Waals surface area contributed by atoms with Crippen LogP contribution in [0.25, 0.3) is 11.3 Å². The average Bonchev–Trinajstić information content (AvgIpc) is 3.25. The molecule has 28 heavy (non-hydrogen) atoms. The minimum Gasteiger partial charge on any atom is -0.328 e. The Labute approximate surface area is 159 Å². The Kier molecular flexibility index (Phi) is 4.75. The van der Waals surface area contributed by atoms with Crippen molar-refractivity contribution in [1.82, 2.24) is 25.1 Å². The van der Waals surface area contributed by atoms with Gasteiger partial charge < -0.3 is 10.3 Å². The normalized spacial score (nSPS) is 10.6. The minimum absolute atomic E-state index is 0.0388. The smallest absolute Gasteiger partial charge is 0.262 e. The van der Waals surface area contributed by atoms with Crippen LogP contribution in [0.5, 0.6) is 0 Å². The number of nitrogens with zero attached hydrogens (tertiary/aromatic N) is 3. The maximum atomic E-state index is 12.2. The SMILES string of the molecule is O=C(Nc1ccc(Cc2ccnc(-c3cn[nH]c3)c2)cn1)c1ccc[nH]c1=O. The fraction of sp³-hybridized carbons (Fsp3) is 0.0500. The lowest BCUT2D eigenvalue weighted by Gasteiger charge is -2.06. The van der Waals surface area contributed by atoms with Crippen LogP contribution < -0.4 is 10.9 Å². The predicted molar refractivity (Wildman–Crippen MR) is 104 cm³/mol. The number of anilines is 1. The molecule has 0 spiro atoms. The number of hydrogen-bond acceptors (Lipinski definition) is 5. The third-order valence-electron chi connectivity index (χ3n) is 4.16. The first-order valence-corrected chi connectivity index (χ1v) is 8.57. The van der Waals surface area contributed by atoms with Gasteiger partial charge in [0.15, 0.2) is 0 Å². The Bertz CT molecular complexity index is 1150. The van der Waals surface area contributed by atoms with Gasteiger partial charge in [-0.15, -0.1) is 0 Å². The number of nitrogens with one attached hydrogen (secondary N) is 3. The molecule has 4 heterocycles. The topological polar surface area (TPSA) is 116 Å². The second kappa shape index (κ2) is 7.67. The molecule has 4 rings (SSSR count). The quantitative estimate of drug-likeness (QED) is 0.497. The first-order chi connectivity index (χ1) is 13.7. The van der Waals surface area contributed by atoms with Crippen LogP contribution in [-0.4, -0.2) is 31.1 Å². The molecule has 1 amide bonds. The molecular formula is C20H16N6O2. The summed E-state index contributed by atoms with van der Waals surface area (Å²) in [7, 11) is 0. The number of pyridine rings is 3. The fourth-order valence-electron chi connectivity index (χ4n) is 2.76. The zero-order chi connectivity index (χ0) is 19.3. The second-order valence-corrected chi connectivity index (χ2v) is 6.13. The van der Waals surface area contributed by atoms with Crippen molar-refractivity contribution in [2.75, 3.05) is 5.32 Å². The lowest BCUT2D eigenvalue weighted by atomic mass is 10.1. The molecule has 4 aromatic rings. The highest BCUT2D eigenvalue weighted by atomic mass is 16.2. The first kappa shape index (κ1) is 17.3. The Hall–Kier alpha value is -4.07. The van der Waals surface area contributed by atoms with Gasteiger partial charge in [-0.05, 0) is 47.9 Å². The average molecular weight is 372 g/mol. The molecule has 0 aliphatic carbocycles. The largest absolute Gasteiger partial charge is 0.328 e. The molecule has 0 saturated heterocycles. The van der Waals surface area contributed by atoms with E-state index in [0.717, 1.165) is 22.4 Å². The molecule has 3 N–H and O–H groups in total. The van der Waals surface area contributed by atoms with Crippen LogP contribution in [0, 0.1) is 0 Å². The van der Waals surface area contributed by atoms with E-state index in [9.17, 15) is 9.59 Å². The van der Waals surface area contributed by atoms with Crippen LogP contribution >= 0.6 is 0 Å². The summed E-state index contributed by atoms with van der Waals surface area (Å²) >= 11 is 0. The number of H-pyrrole nitrogens is 2. The third kappa shape index (κ3) is 3.85. The number of carbonyl (C=O) groups excluding carboxylic acids is 1. The standard InChI is InChI=1S/C20H16N6O2/c27-19-16(2-1-6-22-19)20(28)26-18-4-3-14(10-23-18)8-13-5-7-21-17(9-13)15-11-24-25-12-15/h1-7,9-12H,8H2,(H,22,27)(H,24,25)(H,23,26,28). The van der Waals surface area contributed by atoms with Gasteiger partial charge >= 0.3 is 0 Å². The van der Waals surface area contributed by atoms with Gasteiger partial charge in [-0.25, -0.2) is 4.98 Å². The summed E-state index contributed by atoms with van der Waals surface area (Å²) in [5, 5.41) is 9.35. The number of rotatable bonds is 5. The van der Waals surface area contributed by atoms with E-state index < -0.39 is 11.5 Å². The summed E-state index contributed by atoms with van der Waals surface area (Å²) in [6.45, 7) is 0. The van der Waals surface area contributed by atoms with Gasteiger partial charge in [-0.3, -0.25) is 19.7 Å². The molecule has 138 valence electrons. The first-order valence-electron chi connectivity index (χ1n) is 8.57. The van der Waals surface area contributed by atoms with Crippen LogP contribution in [0.4, 0.5) is 5.82 Å². The van der Waals surface area contributed by atoms with Crippen molar-refractivity contribution in [3.8, 4) is 11.3 Å². The molecule has 0 aliphatic rings. The van der Waals surface area contributed by atoms with Gasteiger partial charge in [0.05, 0.1) is 11.9 Å². The van der Waals surface area contributed by atoms with Crippen molar-refractivity contribution in [3.05, 3.63) is 94.4 Å². The molecule has 0 atom stereocenters. The Morgan fingerprint density at radius 3 is 2.75 bits per heavy atom. The molecule has 0 saturated carbocycles. The van der Waals surface area contributed by atoms with Crippen LogP contribution in [-0.2, 0) is 6.42 Å². The molecule has 0 aliphatic heterocycles. The van der Waals surface area contributed by atoms with Crippen molar-refractivity contribution >= 4 is 11.7 Å². The maximum absolute atomic E-state index is 12.2. The van der Waals surface area contributed by atoms with Crippen molar-refractivity contribution in [3.63, 3.8) is 0 Å². The van der Waals surface area contributed by atoms with E-state index in [1.165, 1.54) is 12.3 Å². The number of amides is 1. The summed E-state index contributed by atoms with van der Waals surface area (Å²) in [6, 6.07) is 10.6. The van der Waals surface area contributed by atoms with Crippen LogP contribution in [0.15, 0.2) is 72.2 Å². The fourth-order valence-corrected chi connectivity index (χ4v) is 2.76. The molecule has 0 bridgehead atoms. The molecule has 8 nitrogen and oxygen atoms in total. The van der Waals surface area contributed by atoms with Crippen molar-refractivity contribution in [1.29, 1.82) is 0 Å². The van der Waals surface area contributed by atoms with Crippen LogP contribution in [0.2, 0.25) is 0 Å². The lowest BCUT2D eigenvalue weighted by molar-refractivity contribution is 0.102. The van der Waals surface area contributed by atoms with Crippen molar-refractivity contribution < 1.29 is 4.79 Å². The number of carbonyl (C=O) groups is 1. The van der Waals surface area contributed by atoms with Gasteiger partial charge in [0, 0.05) is 30.4 Å². The summed E-state index contributed by atoms with van der Waals surface area (Å²) in [5.74, 6) is -0.119. The lowest BCUT2D eigenvalue weighted by Crippen LogP contribution is -2.22. The zero-order valence-electron chi connectivity index (χ0n) is 14.7. The predicted octanol–water partition coefficient (Wildman–Crippen LogP) is 2.40. The van der Waals surface area contributed by atoms with Gasteiger partial charge in [-0.2, -0.15) is 5.10 Å².